The van der Waals surface area contributed by atoms with Crippen LogP contribution in [0.1, 0.15) is 42.6 Å². The highest BCUT2D eigenvalue weighted by Gasteiger charge is 2.50. The number of halogens is 2. The number of imide groups is 1. The summed E-state index contributed by atoms with van der Waals surface area (Å²) in [6.45, 7) is 3.01. The van der Waals surface area contributed by atoms with Gasteiger partial charge in [0.05, 0.1) is 6.54 Å². The number of rotatable bonds is 7. The molecule has 0 spiro atoms. The number of carbonyl (C=O) groups is 4. The molecule has 3 rings (SSSR count). The lowest BCUT2D eigenvalue weighted by molar-refractivity contribution is -0.130. The van der Waals surface area contributed by atoms with Crippen LogP contribution in [-0.2, 0) is 15.1 Å². The Morgan fingerprint density at radius 1 is 1.10 bits per heavy atom. The number of hydrogen-bond donors (Lipinski definition) is 2. The number of Topliss-reactive ketones (excluding diaryl/α,β-unsaturated/α-hetero) is 1. The van der Waals surface area contributed by atoms with E-state index in [1.165, 1.54) is 25.1 Å². The van der Waals surface area contributed by atoms with Crippen LogP contribution < -0.4 is 10.6 Å². The van der Waals surface area contributed by atoms with E-state index in [2.05, 4.69) is 10.6 Å². The number of nitrogens with one attached hydrogen (secondary N) is 2. The summed E-state index contributed by atoms with van der Waals surface area (Å²) < 4.78 is 0. The van der Waals surface area contributed by atoms with Crippen molar-refractivity contribution in [2.24, 2.45) is 0 Å². The van der Waals surface area contributed by atoms with Gasteiger partial charge in [-0.05, 0) is 49.7 Å². The maximum atomic E-state index is 13.0. The fourth-order valence-electron chi connectivity index (χ4n) is 3.34. The van der Waals surface area contributed by atoms with E-state index in [1.54, 1.807) is 24.3 Å². The summed E-state index contributed by atoms with van der Waals surface area (Å²) in [7, 11) is 0. The Kier molecular flexibility index (Phi) is 6.67. The first-order valence-electron chi connectivity index (χ1n) is 9.68. The molecule has 31 heavy (non-hydrogen) atoms. The Morgan fingerprint density at radius 3 is 2.39 bits per heavy atom. The number of amides is 4. The van der Waals surface area contributed by atoms with Crippen LogP contribution in [0.25, 0.3) is 0 Å². The molecule has 0 bridgehead atoms. The molecule has 1 saturated heterocycles. The van der Waals surface area contributed by atoms with E-state index in [9.17, 15) is 19.2 Å². The summed E-state index contributed by atoms with van der Waals surface area (Å²) in [5.74, 6) is -1.11. The van der Waals surface area contributed by atoms with E-state index in [0.29, 0.717) is 28.3 Å². The largest absolute Gasteiger partial charge is 0.326 e. The second-order valence-corrected chi connectivity index (χ2v) is 8.21. The van der Waals surface area contributed by atoms with Crippen molar-refractivity contribution in [3.8, 4) is 0 Å². The molecule has 4 amide bonds. The molecule has 1 unspecified atom stereocenters. The molecule has 9 heteroatoms. The number of anilines is 1. The lowest BCUT2D eigenvalue weighted by atomic mass is 9.92. The van der Waals surface area contributed by atoms with Crippen molar-refractivity contribution in [3.63, 3.8) is 0 Å². The van der Waals surface area contributed by atoms with E-state index in [1.807, 2.05) is 6.92 Å². The summed E-state index contributed by atoms with van der Waals surface area (Å²) in [4.78, 5) is 50.7. The van der Waals surface area contributed by atoms with Crippen LogP contribution in [0.5, 0.6) is 0 Å². The Morgan fingerprint density at radius 2 is 1.77 bits per heavy atom. The lowest BCUT2D eigenvalue weighted by Gasteiger charge is -2.23. The van der Waals surface area contributed by atoms with Crippen LogP contribution in [-0.4, -0.2) is 35.1 Å². The topological polar surface area (TPSA) is 95.6 Å². The number of ketones is 1. The van der Waals surface area contributed by atoms with Crippen molar-refractivity contribution in [2.75, 3.05) is 11.9 Å². The molecule has 2 aromatic carbocycles. The third-order valence-electron chi connectivity index (χ3n) is 5.01. The van der Waals surface area contributed by atoms with Crippen molar-refractivity contribution in [2.45, 2.75) is 32.2 Å². The third kappa shape index (κ3) is 4.73. The molecule has 0 radical (unpaired) electrons. The van der Waals surface area contributed by atoms with Crippen LogP contribution in [0.3, 0.4) is 0 Å². The summed E-state index contributed by atoms with van der Waals surface area (Å²) in [5, 5.41) is 5.98. The zero-order valence-corrected chi connectivity index (χ0v) is 18.5. The average Bonchev–Trinajstić information content (AvgIpc) is 2.92. The normalized spacial score (nSPS) is 18.1. The van der Waals surface area contributed by atoms with Gasteiger partial charge in [-0.2, -0.15) is 0 Å². The van der Waals surface area contributed by atoms with Crippen molar-refractivity contribution >= 4 is 52.5 Å². The number of hydrogen-bond acceptors (Lipinski definition) is 4. The molecular formula is C22H21Cl2N3O4. The Hall–Kier alpha value is -2.90. The first kappa shape index (κ1) is 22.8. The highest BCUT2D eigenvalue weighted by molar-refractivity contribution is 6.35. The van der Waals surface area contributed by atoms with Gasteiger partial charge < -0.3 is 10.6 Å². The fourth-order valence-corrected chi connectivity index (χ4v) is 3.94. The first-order valence-corrected chi connectivity index (χ1v) is 10.4. The molecule has 1 atom stereocenters. The van der Waals surface area contributed by atoms with Gasteiger partial charge in [0.15, 0.2) is 5.78 Å². The first-order chi connectivity index (χ1) is 14.7. The van der Waals surface area contributed by atoms with E-state index in [-0.39, 0.29) is 10.9 Å². The zero-order chi connectivity index (χ0) is 22.8. The highest BCUT2D eigenvalue weighted by Crippen LogP contribution is 2.35. The van der Waals surface area contributed by atoms with E-state index < -0.39 is 29.8 Å². The molecule has 1 fully saturated rings. The summed E-state index contributed by atoms with van der Waals surface area (Å²) in [6, 6.07) is 10.2. The van der Waals surface area contributed by atoms with Gasteiger partial charge in [0, 0.05) is 33.3 Å². The number of benzene rings is 2. The number of urea groups is 1. The van der Waals surface area contributed by atoms with Crippen LogP contribution in [0.2, 0.25) is 10.0 Å². The molecule has 1 aliphatic rings. The van der Waals surface area contributed by atoms with E-state index in [0.717, 1.165) is 11.3 Å². The van der Waals surface area contributed by atoms with Gasteiger partial charge in [0.25, 0.3) is 5.91 Å². The molecule has 1 aliphatic heterocycles. The second kappa shape index (κ2) is 9.08. The Balaban J connectivity index is 1.74. The fraction of sp³-hybridized carbons (Fsp3) is 0.273. The quantitative estimate of drug-likeness (QED) is 0.472. The van der Waals surface area contributed by atoms with Gasteiger partial charge in [-0.25, -0.2) is 4.79 Å². The Bertz CT molecular complexity index is 1060. The average molecular weight is 462 g/mol. The zero-order valence-electron chi connectivity index (χ0n) is 17.0. The molecule has 2 N–H and O–H groups in total. The van der Waals surface area contributed by atoms with Crippen LogP contribution in [0, 0.1) is 0 Å². The standard InChI is InChI=1S/C22H21Cl2N3O4/c1-3-4-19(29)25-15-8-5-13(6-9-15)18(28)12-27-20(30)22(2,26-21(27)31)16-10-7-14(23)11-17(16)24/h5-11H,3-4,12H2,1-2H3,(H,25,29)(H,26,31). The van der Waals surface area contributed by atoms with Gasteiger partial charge in [-0.1, -0.05) is 36.2 Å². The van der Waals surface area contributed by atoms with E-state index in [4.69, 9.17) is 23.2 Å². The van der Waals surface area contributed by atoms with Crippen molar-refractivity contribution in [1.29, 1.82) is 0 Å². The number of nitrogens with zero attached hydrogens (tertiary/aromatic N) is 1. The molecule has 0 aliphatic carbocycles. The summed E-state index contributed by atoms with van der Waals surface area (Å²) in [6.07, 6.45) is 1.14. The molecule has 2 aromatic rings. The van der Waals surface area contributed by atoms with E-state index >= 15 is 0 Å². The predicted molar refractivity (Wildman–Crippen MR) is 118 cm³/mol. The molecular weight excluding hydrogens is 441 g/mol. The van der Waals surface area contributed by atoms with Gasteiger partial charge in [-0.3, -0.25) is 19.3 Å². The van der Waals surface area contributed by atoms with Crippen LogP contribution >= 0.6 is 23.2 Å². The second-order valence-electron chi connectivity index (χ2n) is 7.37. The van der Waals surface area contributed by atoms with Crippen molar-refractivity contribution in [3.05, 3.63) is 63.6 Å². The SMILES string of the molecule is CCCC(=O)Nc1ccc(C(=O)CN2C(=O)NC(C)(c3ccc(Cl)cc3Cl)C2=O)cc1. The monoisotopic (exact) mass is 461 g/mol. The van der Waals surface area contributed by atoms with Gasteiger partial charge >= 0.3 is 6.03 Å². The minimum Gasteiger partial charge on any atom is -0.326 e. The maximum absolute atomic E-state index is 13.0. The van der Waals surface area contributed by atoms with Crippen molar-refractivity contribution < 1.29 is 19.2 Å². The molecule has 7 nitrogen and oxygen atoms in total. The van der Waals surface area contributed by atoms with Gasteiger partial charge in [0.2, 0.25) is 5.91 Å². The maximum Gasteiger partial charge on any atom is 0.325 e. The molecule has 0 saturated carbocycles. The van der Waals surface area contributed by atoms with Gasteiger partial charge in [-0.15, -0.1) is 0 Å². The minimum absolute atomic E-state index is 0.110. The van der Waals surface area contributed by atoms with Crippen molar-refractivity contribution in [1.82, 2.24) is 10.2 Å². The summed E-state index contributed by atoms with van der Waals surface area (Å²) in [5.41, 5.74) is -0.145. The van der Waals surface area contributed by atoms with Crippen LogP contribution in [0.15, 0.2) is 42.5 Å². The molecule has 0 aromatic heterocycles. The predicted octanol–water partition coefficient (Wildman–Crippen LogP) is 4.38. The Labute approximate surface area is 189 Å². The molecule has 162 valence electrons. The van der Waals surface area contributed by atoms with Gasteiger partial charge in [0.1, 0.15) is 5.54 Å². The third-order valence-corrected chi connectivity index (χ3v) is 5.56. The smallest absolute Gasteiger partial charge is 0.325 e. The lowest BCUT2D eigenvalue weighted by Crippen LogP contribution is -2.41. The van der Waals surface area contributed by atoms with Crippen LogP contribution in [0.4, 0.5) is 10.5 Å². The molecule has 1 heterocycles. The minimum atomic E-state index is -1.41. The number of carbonyl (C=O) groups excluding carboxylic acids is 4. The summed E-state index contributed by atoms with van der Waals surface area (Å²) >= 11 is 12.1. The highest BCUT2D eigenvalue weighted by atomic mass is 35.5.